The number of aromatic nitrogens is 1. The van der Waals surface area contributed by atoms with E-state index in [0.717, 1.165) is 5.56 Å². The molecule has 0 saturated heterocycles. The van der Waals surface area contributed by atoms with Gasteiger partial charge in [0.05, 0.1) is 12.7 Å². The number of ketones is 1. The number of H-pyrrole nitrogens is 1. The topological polar surface area (TPSA) is 79.4 Å². The van der Waals surface area contributed by atoms with Crippen LogP contribution in [-0.4, -0.2) is 23.0 Å². The largest absolute Gasteiger partial charge is 0.508 e. The minimum atomic E-state index is -0.323. The number of phenolic OH excluding ortho intramolecular Hbond substituents is 1. The van der Waals surface area contributed by atoms with E-state index in [1.54, 1.807) is 36.5 Å². The highest BCUT2D eigenvalue weighted by Gasteiger charge is 2.26. The Hall–Kier alpha value is -3.34. The first-order valence-electron chi connectivity index (χ1n) is 8.96. The number of carbonyl (C=O) groups excluding carboxylic acids is 1. The number of ether oxygens (including phenoxy) is 1. The van der Waals surface area contributed by atoms with Crippen molar-refractivity contribution >= 4 is 5.78 Å². The maximum absolute atomic E-state index is 13.2. The lowest BCUT2D eigenvalue weighted by Gasteiger charge is -2.25. The number of methoxy groups -OCH3 is 1. The average Bonchev–Trinajstić information content (AvgIpc) is 2.66. The Kier molecular flexibility index (Phi) is 5.10. The molecule has 0 fully saturated rings. The molecule has 0 atom stereocenters. The van der Waals surface area contributed by atoms with Crippen LogP contribution < -0.4 is 10.3 Å². The number of hydrogen-bond donors (Lipinski definition) is 2. The van der Waals surface area contributed by atoms with Gasteiger partial charge in [-0.25, -0.2) is 0 Å². The van der Waals surface area contributed by atoms with Gasteiger partial charge in [0.2, 0.25) is 0 Å². The zero-order valence-electron chi connectivity index (χ0n) is 16.4. The number of benzene rings is 2. The van der Waals surface area contributed by atoms with Gasteiger partial charge in [-0.2, -0.15) is 0 Å². The van der Waals surface area contributed by atoms with Crippen LogP contribution in [0.15, 0.2) is 59.5 Å². The first-order chi connectivity index (χ1) is 13.2. The Labute approximate surface area is 163 Å². The molecule has 0 aliphatic rings. The van der Waals surface area contributed by atoms with Crippen LogP contribution in [0.4, 0.5) is 0 Å². The number of aromatic amines is 1. The van der Waals surface area contributed by atoms with Crippen molar-refractivity contribution in [3.8, 4) is 22.6 Å². The molecule has 2 N–H and O–H groups in total. The smallest absolute Gasteiger partial charge is 0.255 e. The van der Waals surface area contributed by atoms with Gasteiger partial charge in [0.15, 0.2) is 5.78 Å². The summed E-state index contributed by atoms with van der Waals surface area (Å²) in [6.07, 6.45) is 1.57. The molecule has 5 heteroatoms. The number of rotatable bonds is 4. The lowest BCUT2D eigenvalue weighted by Crippen LogP contribution is -2.17. The summed E-state index contributed by atoms with van der Waals surface area (Å²) < 4.78 is 5.63. The van der Waals surface area contributed by atoms with Crippen LogP contribution in [0, 0.1) is 0 Å². The van der Waals surface area contributed by atoms with Crippen molar-refractivity contribution < 1.29 is 14.6 Å². The van der Waals surface area contributed by atoms with E-state index in [-0.39, 0.29) is 22.5 Å². The Morgan fingerprint density at radius 2 is 1.82 bits per heavy atom. The van der Waals surface area contributed by atoms with E-state index in [9.17, 15) is 14.7 Å². The molecular formula is C23H23NO4. The molecule has 1 aromatic heterocycles. The molecule has 0 radical (unpaired) electrons. The van der Waals surface area contributed by atoms with Gasteiger partial charge < -0.3 is 14.8 Å². The number of hydrogen-bond acceptors (Lipinski definition) is 4. The maximum Gasteiger partial charge on any atom is 0.255 e. The summed E-state index contributed by atoms with van der Waals surface area (Å²) in [7, 11) is 1.53. The fraction of sp³-hybridized carbons (Fsp3) is 0.217. The first-order valence-corrected chi connectivity index (χ1v) is 8.96. The third kappa shape index (κ3) is 3.69. The van der Waals surface area contributed by atoms with Crippen LogP contribution in [0.5, 0.6) is 11.5 Å². The van der Waals surface area contributed by atoms with Gasteiger partial charge in [-0.05, 0) is 47.4 Å². The lowest BCUT2D eigenvalue weighted by molar-refractivity contribution is 0.103. The number of nitrogens with one attached hydrogen (secondary N) is 1. The summed E-state index contributed by atoms with van der Waals surface area (Å²) in [6.45, 7) is 6.06. The molecule has 0 spiro atoms. The highest BCUT2D eigenvalue weighted by atomic mass is 16.5. The Morgan fingerprint density at radius 1 is 1.07 bits per heavy atom. The second-order valence-electron chi connectivity index (χ2n) is 7.65. The first kappa shape index (κ1) is 19.4. The zero-order chi connectivity index (χ0) is 20.5. The average molecular weight is 377 g/mol. The van der Waals surface area contributed by atoms with Gasteiger partial charge in [0, 0.05) is 22.9 Å². The molecule has 0 amide bonds. The molecule has 3 rings (SSSR count). The van der Waals surface area contributed by atoms with Gasteiger partial charge in [0.1, 0.15) is 11.5 Å². The Balaban J connectivity index is 2.31. The summed E-state index contributed by atoms with van der Waals surface area (Å²) in [6, 6.07) is 13.2. The summed E-state index contributed by atoms with van der Waals surface area (Å²) in [5.74, 6) is 0.195. The second-order valence-corrected chi connectivity index (χ2v) is 7.65. The van der Waals surface area contributed by atoms with Gasteiger partial charge in [-0.3, -0.25) is 9.59 Å². The molecule has 0 aliphatic heterocycles. The van der Waals surface area contributed by atoms with Crippen molar-refractivity contribution in [2.75, 3.05) is 7.11 Å². The quantitative estimate of drug-likeness (QED) is 0.665. The van der Waals surface area contributed by atoms with Crippen molar-refractivity contribution in [2.24, 2.45) is 0 Å². The summed E-state index contributed by atoms with van der Waals surface area (Å²) in [5.41, 5.74) is 2.06. The SMILES string of the molecule is COc1c(C(=O)c2cccc(O)c2)cc(-c2ccc[nH]c2=O)cc1C(C)(C)C. The molecule has 0 bridgehead atoms. The third-order valence-electron chi connectivity index (χ3n) is 4.58. The summed E-state index contributed by atoms with van der Waals surface area (Å²) >= 11 is 0. The van der Waals surface area contributed by atoms with Crippen LogP contribution in [0.3, 0.4) is 0 Å². The second kappa shape index (κ2) is 7.35. The predicted molar refractivity (Wildman–Crippen MR) is 109 cm³/mol. The van der Waals surface area contributed by atoms with E-state index in [1.807, 2.05) is 26.8 Å². The van der Waals surface area contributed by atoms with Crippen LogP contribution in [0.25, 0.3) is 11.1 Å². The van der Waals surface area contributed by atoms with Crippen LogP contribution >= 0.6 is 0 Å². The highest BCUT2D eigenvalue weighted by Crippen LogP contribution is 2.38. The van der Waals surface area contributed by atoms with Crippen molar-refractivity contribution in [2.45, 2.75) is 26.2 Å². The van der Waals surface area contributed by atoms with Gasteiger partial charge in [0.25, 0.3) is 5.56 Å². The molecule has 3 aromatic rings. The Morgan fingerprint density at radius 3 is 2.43 bits per heavy atom. The summed E-state index contributed by atoms with van der Waals surface area (Å²) in [4.78, 5) is 28.2. The van der Waals surface area contributed by atoms with Crippen LogP contribution in [0.1, 0.15) is 42.3 Å². The van der Waals surface area contributed by atoms with Crippen molar-refractivity contribution in [3.63, 3.8) is 0 Å². The van der Waals surface area contributed by atoms with E-state index in [2.05, 4.69) is 4.98 Å². The van der Waals surface area contributed by atoms with E-state index in [0.29, 0.717) is 28.0 Å². The molecule has 0 saturated carbocycles. The van der Waals surface area contributed by atoms with Crippen molar-refractivity contribution in [1.29, 1.82) is 0 Å². The zero-order valence-corrected chi connectivity index (χ0v) is 16.4. The summed E-state index contributed by atoms with van der Waals surface area (Å²) in [5, 5.41) is 9.76. The van der Waals surface area contributed by atoms with Crippen molar-refractivity contribution in [1.82, 2.24) is 4.98 Å². The molecule has 0 unspecified atom stereocenters. The minimum Gasteiger partial charge on any atom is -0.508 e. The van der Waals surface area contributed by atoms with Crippen LogP contribution in [-0.2, 0) is 5.41 Å². The van der Waals surface area contributed by atoms with E-state index in [4.69, 9.17) is 4.74 Å². The van der Waals surface area contributed by atoms with E-state index >= 15 is 0 Å². The molecule has 0 aliphatic carbocycles. The lowest BCUT2D eigenvalue weighted by atomic mass is 9.82. The normalized spacial score (nSPS) is 11.3. The van der Waals surface area contributed by atoms with Crippen LogP contribution in [0.2, 0.25) is 0 Å². The van der Waals surface area contributed by atoms with Gasteiger partial charge in [-0.1, -0.05) is 32.9 Å². The minimum absolute atomic E-state index is 0.0107. The monoisotopic (exact) mass is 377 g/mol. The Bertz CT molecular complexity index is 1090. The van der Waals surface area contributed by atoms with E-state index in [1.165, 1.54) is 19.2 Å². The standard InChI is InChI=1S/C23H23NO4/c1-23(2,3)19-13-15(17-9-6-10-24-22(17)27)12-18(21(19)28-4)20(26)14-7-5-8-16(25)11-14/h5-13,25H,1-4H3,(H,24,27). The van der Waals surface area contributed by atoms with E-state index < -0.39 is 0 Å². The fourth-order valence-corrected chi connectivity index (χ4v) is 3.18. The molecule has 2 aromatic carbocycles. The predicted octanol–water partition coefficient (Wildman–Crippen LogP) is 4.28. The molecular weight excluding hydrogens is 354 g/mol. The third-order valence-corrected chi connectivity index (χ3v) is 4.58. The van der Waals surface area contributed by atoms with Gasteiger partial charge in [-0.15, -0.1) is 0 Å². The fourth-order valence-electron chi connectivity index (χ4n) is 3.18. The number of pyridine rings is 1. The molecule has 1 heterocycles. The highest BCUT2D eigenvalue weighted by molar-refractivity contribution is 6.11. The maximum atomic E-state index is 13.2. The van der Waals surface area contributed by atoms with Gasteiger partial charge >= 0.3 is 0 Å². The molecule has 144 valence electrons. The molecule has 5 nitrogen and oxygen atoms in total. The number of carbonyl (C=O) groups is 1. The van der Waals surface area contributed by atoms with Crippen molar-refractivity contribution in [3.05, 3.63) is 81.8 Å². The molecule has 28 heavy (non-hydrogen) atoms. The number of phenols is 1. The number of aromatic hydroxyl groups is 1.